The number of nitrogens with zero attached hydrogens (tertiary/aromatic N) is 2. The summed E-state index contributed by atoms with van der Waals surface area (Å²) in [4.78, 5) is 12.2. The van der Waals surface area contributed by atoms with Crippen LogP contribution in [0.25, 0.3) is 0 Å². The number of aromatic nitrogens is 2. The maximum Gasteiger partial charge on any atom is 0.229 e. The van der Waals surface area contributed by atoms with Crippen LogP contribution >= 0.6 is 23.1 Å². The topological polar surface area (TPSA) is 54.9 Å². The van der Waals surface area contributed by atoms with Gasteiger partial charge in [0.05, 0.1) is 0 Å². The Bertz CT molecular complexity index is 689. The summed E-state index contributed by atoms with van der Waals surface area (Å²) in [5.74, 6) is -1.12. The van der Waals surface area contributed by atoms with Gasteiger partial charge in [-0.3, -0.25) is 4.79 Å². The third kappa shape index (κ3) is 5.74. The Hall–Kier alpha value is -1.54. The van der Waals surface area contributed by atoms with Crippen LogP contribution in [0.5, 0.6) is 0 Å². The number of thioether (sulfide) groups is 1. The molecule has 1 atom stereocenters. The molecular weight excluding hydrogens is 364 g/mol. The maximum absolute atomic E-state index is 13.6. The van der Waals surface area contributed by atoms with Crippen LogP contribution in [-0.4, -0.2) is 16.1 Å². The van der Waals surface area contributed by atoms with Gasteiger partial charge in [-0.25, -0.2) is 8.78 Å². The predicted octanol–water partition coefficient (Wildman–Crippen LogP) is 5.26. The summed E-state index contributed by atoms with van der Waals surface area (Å²) in [5, 5.41) is 11.1. The average molecular weight is 386 g/mol. The number of amides is 1. The molecule has 8 heteroatoms. The fourth-order valence-corrected chi connectivity index (χ4v) is 4.07. The van der Waals surface area contributed by atoms with Gasteiger partial charge in [-0.1, -0.05) is 55.9 Å². The highest BCUT2D eigenvalue weighted by Gasteiger charge is 2.18. The van der Waals surface area contributed by atoms with Crippen LogP contribution in [0.15, 0.2) is 22.5 Å². The van der Waals surface area contributed by atoms with E-state index in [-0.39, 0.29) is 23.1 Å². The van der Waals surface area contributed by atoms with Crippen molar-refractivity contribution in [3.05, 3.63) is 35.4 Å². The van der Waals surface area contributed by atoms with Gasteiger partial charge >= 0.3 is 0 Å². The summed E-state index contributed by atoms with van der Waals surface area (Å²) in [5.41, 5.74) is 0.0129. The van der Waals surface area contributed by atoms with Gasteiger partial charge in [-0.05, 0) is 25.0 Å². The van der Waals surface area contributed by atoms with Gasteiger partial charge in [0.1, 0.15) is 11.6 Å². The molecule has 0 aliphatic rings. The van der Waals surface area contributed by atoms with E-state index in [0.717, 1.165) is 25.7 Å². The Labute approximate surface area is 154 Å². The van der Waals surface area contributed by atoms with E-state index < -0.39 is 11.6 Å². The van der Waals surface area contributed by atoms with Crippen molar-refractivity contribution in [2.45, 2.75) is 49.6 Å². The van der Waals surface area contributed by atoms with E-state index in [1.54, 1.807) is 0 Å². The average Bonchev–Trinajstić information content (AvgIpc) is 3.02. The lowest BCUT2D eigenvalue weighted by atomic mass is 9.99. The summed E-state index contributed by atoms with van der Waals surface area (Å²) in [6.07, 6.45) is 3.69. The summed E-state index contributed by atoms with van der Waals surface area (Å²) in [6, 6.07) is 3.79. The van der Waals surface area contributed by atoms with Crippen molar-refractivity contribution >= 4 is 34.1 Å². The van der Waals surface area contributed by atoms with Crippen LogP contribution in [-0.2, 0) is 10.5 Å². The molecule has 0 fully saturated rings. The number of benzene rings is 1. The quantitative estimate of drug-likeness (QED) is 0.472. The summed E-state index contributed by atoms with van der Waals surface area (Å²) in [7, 11) is 0. The van der Waals surface area contributed by atoms with E-state index in [1.807, 2.05) is 6.92 Å². The largest absolute Gasteiger partial charge is 0.300 e. The third-order valence-corrected chi connectivity index (χ3v) is 5.81. The van der Waals surface area contributed by atoms with Gasteiger partial charge in [0.15, 0.2) is 4.34 Å². The van der Waals surface area contributed by atoms with Gasteiger partial charge in [0.2, 0.25) is 11.0 Å². The first-order valence-electron chi connectivity index (χ1n) is 8.25. The molecule has 136 valence electrons. The lowest BCUT2D eigenvalue weighted by molar-refractivity contribution is -0.120. The fourth-order valence-electron chi connectivity index (χ4n) is 2.30. The first kappa shape index (κ1) is 19.8. The van der Waals surface area contributed by atoms with Crippen molar-refractivity contribution < 1.29 is 13.6 Å². The second-order valence-electron chi connectivity index (χ2n) is 5.60. The Morgan fingerprint density at radius 3 is 2.64 bits per heavy atom. The Balaban J connectivity index is 1.92. The molecule has 0 spiro atoms. The SMILES string of the molecule is CCCC[C@H](CC)C(=O)Nc1nnc(SCc2c(F)cccc2F)s1. The zero-order chi connectivity index (χ0) is 18.2. The normalized spacial score (nSPS) is 12.2. The number of nitrogens with one attached hydrogen (secondary N) is 1. The number of carbonyl (C=O) groups is 1. The van der Waals surface area contributed by atoms with Crippen LogP contribution < -0.4 is 5.32 Å². The maximum atomic E-state index is 13.6. The number of hydrogen-bond donors (Lipinski definition) is 1. The van der Waals surface area contributed by atoms with E-state index in [4.69, 9.17) is 0 Å². The molecule has 0 bridgehead atoms. The number of halogens is 2. The van der Waals surface area contributed by atoms with Crippen LogP contribution in [0.1, 0.15) is 45.1 Å². The van der Waals surface area contributed by atoms with Crippen molar-refractivity contribution in [3.8, 4) is 0 Å². The van der Waals surface area contributed by atoms with Gasteiger partial charge < -0.3 is 5.32 Å². The summed E-state index contributed by atoms with van der Waals surface area (Å²) >= 11 is 2.40. The first-order chi connectivity index (χ1) is 12.0. The highest BCUT2D eigenvalue weighted by Crippen LogP contribution is 2.30. The standard InChI is InChI=1S/C17H21F2N3OS2/c1-3-5-7-11(4-2)15(23)20-16-21-22-17(25-16)24-10-12-13(18)8-6-9-14(12)19/h6,8-9,11H,3-5,7,10H2,1-2H3,(H,20,21,23)/t11-/m0/s1. The minimum atomic E-state index is -0.577. The Morgan fingerprint density at radius 2 is 2.00 bits per heavy atom. The molecule has 25 heavy (non-hydrogen) atoms. The fraction of sp³-hybridized carbons (Fsp3) is 0.471. The van der Waals surface area contributed by atoms with Gasteiger partial charge in [0, 0.05) is 17.2 Å². The van der Waals surface area contributed by atoms with E-state index in [2.05, 4.69) is 22.4 Å². The van der Waals surface area contributed by atoms with Crippen molar-refractivity contribution in [1.29, 1.82) is 0 Å². The van der Waals surface area contributed by atoms with Crippen LogP contribution in [0.4, 0.5) is 13.9 Å². The highest BCUT2D eigenvalue weighted by atomic mass is 32.2. The van der Waals surface area contributed by atoms with E-state index >= 15 is 0 Å². The molecule has 0 saturated heterocycles. The molecule has 0 radical (unpaired) electrons. The van der Waals surface area contributed by atoms with E-state index in [0.29, 0.717) is 9.47 Å². The monoisotopic (exact) mass is 385 g/mol. The molecule has 2 rings (SSSR count). The van der Waals surface area contributed by atoms with Gasteiger partial charge in [-0.15, -0.1) is 10.2 Å². The summed E-state index contributed by atoms with van der Waals surface area (Å²) < 4.78 is 27.8. The smallest absolute Gasteiger partial charge is 0.229 e. The third-order valence-electron chi connectivity index (χ3n) is 3.81. The predicted molar refractivity (Wildman–Crippen MR) is 97.8 cm³/mol. The second-order valence-corrected chi connectivity index (χ2v) is 7.80. The zero-order valence-electron chi connectivity index (χ0n) is 14.2. The highest BCUT2D eigenvalue weighted by molar-refractivity contribution is 8.00. The Morgan fingerprint density at radius 1 is 1.28 bits per heavy atom. The molecule has 1 aromatic heterocycles. The molecule has 0 unspecified atom stereocenters. The van der Waals surface area contributed by atoms with Crippen molar-refractivity contribution in [2.75, 3.05) is 5.32 Å². The first-order valence-corrected chi connectivity index (χ1v) is 10.0. The Kier molecular flexibility index (Phi) is 7.77. The minimum Gasteiger partial charge on any atom is -0.300 e. The number of carbonyl (C=O) groups excluding carboxylic acids is 1. The minimum absolute atomic E-state index is 0.0129. The molecule has 1 aromatic carbocycles. The molecule has 4 nitrogen and oxygen atoms in total. The van der Waals surface area contributed by atoms with Crippen molar-refractivity contribution in [2.24, 2.45) is 5.92 Å². The molecule has 1 heterocycles. The number of rotatable bonds is 9. The van der Waals surface area contributed by atoms with Gasteiger partial charge in [0.25, 0.3) is 0 Å². The van der Waals surface area contributed by atoms with Crippen LogP contribution in [0.3, 0.4) is 0 Å². The van der Waals surface area contributed by atoms with Crippen molar-refractivity contribution in [3.63, 3.8) is 0 Å². The zero-order valence-corrected chi connectivity index (χ0v) is 15.9. The number of hydrogen-bond acceptors (Lipinski definition) is 5. The van der Waals surface area contributed by atoms with E-state index in [1.165, 1.54) is 41.3 Å². The molecule has 1 amide bonds. The number of unbranched alkanes of at least 4 members (excludes halogenated alkanes) is 1. The molecule has 2 aromatic rings. The molecular formula is C17H21F2N3OS2. The lowest BCUT2D eigenvalue weighted by Crippen LogP contribution is -2.22. The molecule has 0 saturated carbocycles. The summed E-state index contributed by atoms with van der Waals surface area (Å²) in [6.45, 7) is 4.08. The second kappa shape index (κ2) is 9.82. The lowest BCUT2D eigenvalue weighted by Gasteiger charge is -2.12. The molecule has 0 aliphatic heterocycles. The van der Waals surface area contributed by atoms with Crippen molar-refractivity contribution in [1.82, 2.24) is 10.2 Å². The molecule has 1 N–H and O–H groups in total. The van der Waals surface area contributed by atoms with Gasteiger partial charge in [-0.2, -0.15) is 0 Å². The van der Waals surface area contributed by atoms with E-state index in [9.17, 15) is 13.6 Å². The number of anilines is 1. The van der Waals surface area contributed by atoms with Crippen LogP contribution in [0.2, 0.25) is 0 Å². The van der Waals surface area contributed by atoms with Crippen LogP contribution in [0, 0.1) is 17.6 Å². The molecule has 0 aliphatic carbocycles.